The molecule has 0 aliphatic heterocycles. The molecule has 0 fully saturated rings. The zero-order valence-corrected chi connectivity index (χ0v) is 13.3. The molecule has 1 aromatic carbocycles. The fourth-order valence-corrected chi connectivity index (χ4v) is 2.28. The first-order valence-corrected chi connectivity index (χ1v) is 7.52. The van der Waals surface area contributed by atoms with Crippen LogP contribution in [0.2, 0.25) is 0 Å². The van der Waals surface area contributed by atoms with Crippen molar-refractivity contribution < 1.29 is 27.1 Å². The summed E-state index contributed by atoms with van der Waals surface area (Å²) >= 11 is 0. The van der Waals surface area contributed by atoms with Crippen molar-refractivity contribution in [2.24, 2.45) is 0 Å². The number of furan rings is 1. The Hall–Kier alpha value is -3.29. The SMILES string of the molecule is O=C(NCc1cncc(-c2ccco2)c1)c1cccc(OC(F)(F)F)c1. The number of ether oxygens (including phenoxy) is 1. The molecule has 3 rings (SSSR count). The molecule has 0 spiro atoms. The van der Waals surface area contributed by atoms with Gasteiger partial charge in [-0.1, -0.05) is 6.07 Å². The van der Waals surface area contributed by atoms with Gasteiger partial charge in [-0.2, -0.15) is 0 Å². The van der Waals surface area contributed by atoms with E-state index in [1.54, 1.807) is 36.9 Å². The summed E-state index contributed by atoms with van der Waals surface area (Å²) in [6, 6.07) is 10.2. The lowest BCUT2D eigenvalue weighted by Gasteiger charge is -2.10. The van der Waals surface area contributed by atoms with E-state index in [0.717, 1.165) is 23.3 Å². The number of benzene rings is 1. The first-order valence-electron chi connectivity index (χ1n) is 7.52. The van der Waals surface area contributed by atoms with Crippen LogP contribution in [0, 0.1) is 0 Å². The minimum absolute atomic E-state index is 0.0573. The van der Waals surface area contributed by atoms with Crippen molar-refractivity contribution >= 4 is 5.91 Å². The number of carbonyl (C=O) groups is 1. The van der Waals surface area contributed by atoms with E-state index < -0.39 is 18.0 Å². The fraction of sp³-hybridized carbons (Fsp3) is 0.111. The van der Waals surface area contributed by atoms with E-state index in [2.05, 4.69) is 15.0 Å². The summed E-state index contributed by atoms with van der Waals surface area (Å²) in [4.78, 5) is 16.3. The van der Waals surface area contributed by atoms with Gasteiger partial charge in [0.2, 0.25) is 0 Å². The molecule has 26 heavy (non-hydrogen) atoms. The molecule has 0 unspecified atom stereocenters. The number of alkyl halides is 3. The second-order valence-corrected chi connectivity index (χ2v) is 5.32. The molecule has 2 heterocycles. The van der Waals surface area contributed by atoms with Crippen molar-refractivity contribution in [1.82, 2.24) is 10.3 Å². The third-order valence-electron chi connectivity index (χ3n) is 3.38. The molecule has 0 atom stereocenters. The van der Waals surface area contributed by atoms with E-state index in [9.17, 15) is 18.0 Å². The number of nitrogens with zero attached hydrogens (tertiary/aromatic N) is 1. The standard InChI is InChI=1S/C18H13F3N2O3/c19-18(20,21)26-15-4-1-3-13(8-15)17(24)23-10-12-7-14(11-22-9-12)16-5-2-6-25-16/h1-9,11H,10H2,(H,23,24). The zero-order chi connectivity index (χ0) is 18.6. The van der Waals surface area contributed by atoms with E-state index in [1.165, 1.54) is 12.1 Å². The summed E-state index contributed by atoms with van der Waals surface area (Å²) in [5.74, 6) is -0.338. The maximum atomic E-state index is 12.3. The number of carbonyl (C=O) groups excluding carboxylic acids is 1. The molecule has 5 nitrogen and oxygen atoms in total. The Morgan fingerprint density at radius 2 is 2.00 bits per heavy atom. The maximum Gasteiger partial charge on any atom is 0.573 e. The van der Waals surface area contributed by atoms with Crippen molar-refractivity contribution in [3.05, 3.63) is 72.2 Å². The Bertz CT molecular complexity index is 893. The summed E-state index contributed by atoms with van der Waals surface area (Å²) in [5, 5.41) is 2.63. The number of pyridine rings is 1. The number of rotatable bonds is 5. The van der Waals surface area contributed by atoms with E-state index in [-0.39, 0.29) is 12.1 Å². The molecular weight excluding hydrogens is 349 g/mol. The molecular formula is C18H13F3N2O3. The lowest BCUT2D eigenvalue weighted by atomic mass is 10.1. The van der Waals surface area contributed by atoms with Gasteiger partial charge in [-0.15, -0.1) is 13.2 Å². The third-order valence-corrected chi connectivity index (χ3v) is 3.38. The van der Waals surface area contributed by atoms with E-state index in [4.69, 9.17) is 4.42 Å². The average molecular weight is 362 g/mol. The Morgan fingerprint density at radius 1 is 1.15 bits per heavy atom. The van der Waals surface area contributed by atoms with Crippen LogP contribution in [0.3, 0.4) is 0 Å². The molecule has 3 aromatic rings. The van der Waals surface area contributed by atoms with Crippen molar-refractivity contribution in [1.29, 1.82) is 0 Å². The van der Waals surface area contributed by atoms with Gasteiger partial charge in [-0.05, 0) is 42.0 Å². The van der Waals surface area contributed by atoms with Crippen molar-refractivity contribution in [3.63, 3.8) is 0 Å². The lowest BCUT2D eigenvalue weighted by molar-refractivity contribution is -0.274. The molecule has 0 radical (unpaired) electrons. The average Bonchev–Trinajstić information content (AvgIpc) is 3.13. The molecule has 1 amide bonds. The van der Waals surface area contributed by atoms with Crippen LogP contribution in [-0.2, 0) is 6.54 Å². The Kier molecular flexibility index (Phi) is 4.92. The van der Waals surface area contributed by atoms with Gasteiger partial charge in [-0.3, -0.25) is 9.78 Å². The molecule has 0 saturated carbocycles. The zero-order valence-electron chi connectivity index (χ0n) is 13.3. The highest BCUT2D eigenvalue weighted by Crippen LogP contribution is 2.23. The molecule has 134 valence electrons. The highest BCUT2D eigenvalue weighted by molar-refractivity contribution is 5.94. The molecule has 0 aliphatic carbocycles. The number of aromatic nitrogens is 1. The smallest absolute Gasteiger partial charge is 0.464 e. The molecule has 0 aliphatic rings. The summed E-state index contributed by atoms with van der Waals surface area (Å²) < 4.78 is 45.9. The predicted molar refractivity (Wildman–Crippen MR) is 86.2 cm³/mol. The highest BCUT2D eigenvalue weighted by atomic mass is 19.4. The lowest BCUT2D eigenvalue weighted by Crippen LogP contribution is -2.23. The van der Waals surface area contributed by atoms with Gasteiger partial charge in [0.15, 0.2) is 0 Å². The third kappa shape index (κ3) is 4.62. The Morgan fingerprint density at radius 3 is 2.73 bits per heavy atom. The van der Waals surface area contributed by atoms with E-state index in [1.807, 2.05) is 0 Å². The Labute approximate surface area is 146 Å². The quantitative estimate of drug-likeness (QED) is 0.740. The number of amides is 1. The van der Waals surface area contributed by atoms with Crippen LogP contribution in [0.15, 0.2) is 65.5 Å². The Balaban J connectivity index is 1.66. The number of halogens is 3. The molecule has 0 bridgehead atoms. The van der Waals surface area contributed by atoms with Crippen LogP contribution >= 0.6 is 0 Å². The van der Waals surface area contributed by atoms with Crippen molar-refractivity contribution in [3.8, 4) is 17.1 Å². The van der Waals surface area contributed by atoms with Gasteiger partial charge in [-0.25, -0.2) is 0 Å². The number of hydrogen-bond donors (Lipinski definition) is 1. The van der Waals surface area contributed by atoms with Gasteiger partial charge in [0.1, 0.15) is 11.5 Å². The molecule has 8 heteroatoms. The summed E-state index contributed by atoms with van der Waals surface area (Å²) in [6.07, 6.45) is -0.0646. The number of hydrogen-bond acceptors (Lipinski definition) is 4. The van der Waals surface area contributed by atoms with E-state index in [0.29, 0.717) is 5.76 Å². The minimum Gasteiger partial charge on any atom is -0.464 e. The largest absolute Gasteiger partial charge is 0.573 e. The summed E-state index contributed by atoms with van der Waals surface area (Å²) in [5.41, 5.74) is 1.53. The van der Waals surface area contributed by atoms with Crippen LogP contribution in [-0.4, -0.2) is 17.3 Å². The normalized spacial score (nSPS) is 11.2. The molecule has 2 aromatic heterocycles. The topological polar surface area (TPSA) is 64.4 Å². The molecule has 1 N–H and O–H groups in total. The highest BCUT2D eigenvalue weighted by Gasteiger charge is 2.31. The van der Waals surface area contributed by atoms with Crippen LogP contribution in [0.4, 0.5) is 13.2 Å². The van der Waals surface area contributed by atoms with Gasteiger partial charge in [0.05, 0.1) is 6.26 Å². The minimum atomic E-state index is -4.81. The van der Waals surface area contributed by atoms with Gasteiger partial charge >= 0.3 is 6.36 Å². The van der Waals surface area contributed by atoms with Crippen molar-refractivity contribution in [2.75, 3.05) is 0 Å². The first-order chi connectivity index (χ1) is 12.4. The van der Waals surface area contributed by atoms with Crippen LogP contribution < -0.4 is 10.1 Å². The monoisotopic (exact) mass is 362 g/mol. The first kappa shape index (κ1) is 17.5. The van der Waals surface area contributed by atoms with Crippen LogP contribution in [0.1, 0.15) is 15.9 Å². The van der Waals surface area contributed by atoms with Crippen molar-refractivity contribution in [2.45, 2.75) is 12.9 Å². The van der Waals surface area contributed by atoms with Crippen LogP contribution in [0.25, 0.3) is 11.3 Å². The predicted octanol–water partition coefficient (Wildman–Crippen LogP) is 4.17. The molecule has 0 saturated heterocycles. The van der Waals surface area contributed by atoms with Gasteiger partial charge < -0.3 is 14.5 Å². The van der Waals surface area contributed by atoms with Gasteiger partial charge in [0.25, 0.3) is 5.91 Å². The van der Waals surface area contributed by atoms with E-state index >= 15 is 0 Å². The number of nitrogens with one attached hydrogen (secondary N) is 1. The second-order valence-electron chi connectivity index (χ2n) is 5.32. The van der Waals surface area contributed by atoms with Crippen LogP contribution in [0.5, 0.6) is 5.75 Å². The fourth-order valence-electron chi connectivity index (χ4n) is 2.28. The second kappa shape index (κ2) is 7.30. The summed E-state index contributed by atoms with van der Waals surface area (Å²) in [6.45, 7) is 0.157. The van der Waals surface area contributed by atoms with Gasteiger partial charge in [0, 0.05) is 30.1 Å². The summed E-state index contributed by atoms with van der Waals surface area (Å²) in [7, 11) is 0. The maximum absolute atomic E-state index is 12.3.